The van der Waals surface area contributed by atoms with Gasteiger partial charge in [-0.3, -0.25) is 4.79 Å². The Morgan fingerprint density at radius 1 is 1.08 bits per heavy atom. The van der Waals surface area contributed by atoms with E-state index in [1.54, 1.807) is 8.61 Å². The Hall–Kier alpha value is -1.48. The van der Waals surface area contributed by atoms with Crippen molar-refractivity contribution in [2.24, 2.45) is 0 Å². The first-order valence-electron chi connectivity index (χ1n) is 9.33. The molecule has 0 radical (unpaired) electrons. The molecule has 26 heavy (non-hydrogen) atoms. The smallest absolute Gasteiger partial charge is 0.282 e. The molecule has 1 aromatic rings. The fraction of sp³-hybridized carbons (Fsp3) is 0.611. The molecule has 0 aromatic heterocycles. The number of hydrogen-bond donors (Lipinski definition) is 1. The number of nitrogens with zero attached hydrogens (tertiary/aromatic N) is 2. The summed E-state index contributed by atoms with van der Waals surface area (Å²) in [5.41, 5.74) is 2.81. The van der Waals surface area contributed by atoms with E-state index in [1.165, 1.54) is 0 Å². The Kier molecular flexibility index (Phi) is 5.00. The van der Waals surface area contributed by atoms with Crippen LogP contribution in [-0.4, -0.2) is 55.3 Å². The van der Waals surface area contributed by atoms with Gasteiger partial charge in [0.1, 0.15) is 6.10 Å². The molecule has 0 aliphatic carbocycles. The van der Waals surface area contributed by atoms with E-state index in [2.05, 4.69) is 5.32 Å². The van der Waals surface area contributed by atoms with Crippen LogP contribution in [0.5, 0.6) is 0 Å². The minimum Gasteiger partial charge on any atom is -0.368 e. The Morgan fingerprint density at radius 2 is 1.88 bits per heavy atom. The summed E-state index contributed by atoms with van der Waals surface area (Å²) in [4.78, 5) is 12.2. The van der Waals surface area contributed by atoms with E-state index in [1.807, 2.05) is 18.2 Å². The van der Waals surface area contributed by atoms with E-state index in [9.17, 15) is 13.2 Å². The Bertz CT molecular complexity index is 784. The van der Waals surface area contributed by atoms with Crippen molar-refractivity contribution in [3.8, 4) is 0 Å². The lowest BCUT2D eigenvalue weighted by Gasteiger charge is -2.31. The zero-order valence-electron chi connectivity index (χ0n) is 14.8. The first-order chi connectivity index (χ1) is 12.5. The quantitative estimate of drug-likeness (QED) is 0.860. The van der Waals surface area contributed by atoms with Gasteiger partial charge in [0.05, 0.1) is 0 Å². The lowest BCUT2D eigenvalue weighted by molar-refractivity contribution is -0.124. The molecule has 1 atom stereocenters. The van der Waals surface area contributed by atoms with Crippen LogP contribution in [0.25, 0.3) is 0 Å². The molecule has 3 aliphatic heterocycles. The molecule has 142 valence electrons. The van der Waals surface area contributed by atoms with Gasteiger partial charge in [-0.15, -0.1) is 0 Å². The normalized spacial score (nSPS) is 24.5. The molecule has 0 bridgehead atoms. The molecular weight excluding hydrogens is 354 g/mol. The van der Waals surface area contributed by atoms with Crippen LogP contribution in [0, 0.1) is 0 Å². The number of benzene rings is 1. The molecule has 0 unspecified atom stereocenters. The summed E-state index contributed by atoms with van der Waals surface area (Å²) in [6.45, 7) is 2.73. The van der Waals surface area contributed by atoms with E-state index >= 15 is 0 Å². The van der Waals surface area contributed by atoms with Crippen LogP contribution in [0.15, 0.2) is 18.2 Å². The average Bonchev–Trinajstić information content (AvgIpc) is 3.34. The molecule has 1 N–H and O–H groups in total. The molecule has 3 heterocycles. The van der Waals surface area contributed by atoms with Gasteiger partial charge >= 0.3 is 0 Å². The highest BCUT2D eigenvalue weighted by Crippen LogP contribution is 2.27. The van der Waals surface area contributed by atoms with Gasteiger partial charge in [-0.25, -0.2) is 0 Å². The van der Waals surface area contributed by atoms with E-state index in [0.29, 0.717) is 44.9 Å². The van der Waals surface area contributed by atoms with Crippen molar-refractivity contribution >= 4 is 21.8 Å². The molecule has 7 nitrogen and oxygen atoms in total. The van der Waals surface area contributed by atoms with Crippen molar-refractivity contribution in [1.29, 1.82) is 0 Å². The SMILES string of the molecule is O=C(Nc1ccc2c(c1)CN(S(=O)(=O)N1CCCC1)CC2)[C@@H]1CCCO1. The third kappa shape index (κ3) is 3.51. The number of carbonyl (C=O) groups is 1. The zero-order valence-corrected chi connectivity index (χ0v) is 15.6. The van der Waals surface area contributed by atoms with Gasteiger partial charge < -0.3 is 10.1 Å². The first-order valence-corrected chi connectivity index (χ1v) is 10.7. The maximum atomic E-state index is 12.8. The number of anilines is 1. The van der Waals surface area contributed by atoms with Gasteiger partial charge in [-0.2, -0.15) is 17.0 Å². The average molecular weight is 379 g/mol. The van der Waals surface area contributed by atoms with E-state index < -0.39 is 10.2 Å². The Labute approximate surface area is 154 Å². The summed E-state index contributed by atoms with van der Waals surface area (Å²) in [7, 11) is -3.39. The maximum Gasteiger partial charge on any atom is 0.282 e. The largest absolute Gasteiger partial charge is 0.368 e. The second kappa shape index (κ2) is 7.26. The summed E-state index contributed by atoms with van der Waals surface area (Å²) in [6, 6.07) is 5.77. The van der Waals surface area contributed by atoms with Gasteiger partial charge in [0.15, 0.2) is 0 Å². The van der Waals surface area contributed by atoms with Crippen LogP contribution in [0.2, 0.25) is 0 Å². The van der Waals surface area contributed by atoms with Gasteiger partial charge in [-0.1, -0.05) is 6.07 Å². The molecule has 3 aliphatic rings. The van der Waals surface area contributed by atoms with E-state index in [0.717, 1.165) is 36.8 Å². The van der Waals surface area contributed by atoms with Gasteiger partial charge in [0.25, 0.3) is 16.1 Å². The molecule has 2 fully saturated rings. The Balaban J connectivity index is 1.48. The molecule has 1 aromatic carbocycles. The van der Waals surface area contributed by atoms with Crippen LogP contribution >= 0.6 is 0 Å². The summed E-state index contributed by atoms with van der Waals surface area (Å²) in [5, 5.41) is 2.90. The topological polar surface area (TPSA) is 79.0 Å². The lowest BCUT2D eigenvalue weighted by Crippen LogP contribution is -2.44. The number of hydrogen-bond acceptors (Lipinski definition) is 4. The van der Waals surface area contributed by atoms with E-state index in [-0.39, 0.29) is 12.0 Å². The van der Waals surface area contributed by atoms with Crippen LogP contribution in [0.1, 0.15) is 36.8 Å². The van der Waals surface area contributed by atoms with Crippen LogP contribution < -0.4 is 5.32 Å². The number of carbonyl (C=O) groups excluding carboxylic acids is 1. The van der Waals surface area contributed by atoms with Gasteiger partial charge in [0.2, 0.25) is 0 Å². The molecule has 0 saturated carbocycles. The van der Waals surface area contributed by atoms with Gasteiger partial charge in [0, 0.05) is 38.5 Å². The minimum absolute atomic E-state index is 0.125. The molecule has 0 spiro atoms. The molecule has 2 saturated heterocycles. The first kappa shape index (κ1) is 17.9. The number of ether oxygens (including phenoxy) is 1. The van der Waals surface area contributed by atoms with Crippen molar-refractivity contribution < 1.29 is 17.9 Å². The van der Waals surface area contributed by atoms with Gasteiger partial charge in [-0.05, 0) is 55.4 Å². The number of rotatable bonds is 4. The Morgan fingerprint density at radius 3 is 2.62 bits per heavy atom. The van der Waals surface area contributed by atoms with Crippen LogP contribution in [-0.2, 0) is 32.7 Å². The van der Waals surface area contributed by atoms with Crippen molar-refractivity contribution in [2.45, 2.75) is 44.8 Å². The van der Waals surface area contributed by atoms with Crippen LogP contribution in [0.4, 0.5) is 5.69 Å². The molecular formula is C18H25N3O4S. The highest BCUT2D eigenvalue weighted by Gasteiger charge is 2.33. The molecule has 1 amide bonds. The molecule has 4 rings (SSSR count). The number of fused-ring (bicyclic) bond motifs is 1. The highest BCUT2D eigenvalue weighted by atomic mass is 32.2. The number of nitrogens with one attached hydrogen (secondary N) is 1. The second-order valence-electron chi connectivity index (χ2n) is 7.17. The monoisotopic (exact) mass is 379 g/mol. The highest BCUT2D eigenvalue weighted by molar-refractivity contribution is 7.86. The van der Waals surface area contributed by atoms with Crippen molar-refractivity contribution in [2.75, 3.05) is 31.6 Å². The standard InChI is InChI=1S/C18H25N3O4S/c22-18(17-4-3-11-25-17)19-16-6-5-14-7-10-21(13-15(14)12-16)26(23,24)20-8-1-2-9-20/h5-6,12,17H,1-4,7-11,13H2,(H,19,22)/t17-/m0/s1. The summed E-state index contributed by atoms with van der Waals surface area (Å²) >= 11 is 0. The summed E-state index contributed by atoms with van der Waals surface area (Å²) in [5.74, 6) is -0.125. The third-order valence-corrected chi connectivity index (χ3v) is 7.37. The summed E-state index contributed by atoms with van der Waals surface area (Å²) in [6.07, 6.45) is 3.84. The minimum atomic E-state index is -3.39. The summed E-state index contributed by atoms with van der Waals surface area (Å²) < 4.78 is 34.2. The predicted molar refractivity (Wildman–Crippen MR) is 97.9 cm³/mol. The lowest BCUT2D eigenvalue weighted by atomic mass is 10.0. The zero-order chi connectivity index (χ0) is 18.1. The van der Waals surface area contributed by atoms with E-state index in [4.69, 9.17) is 4.74 Å². The van der Waals surface area contributed by atoms with Crippen molar-refractivity contribution in [3.05, 3.63) is 29.3 Å². The third-order valence-electron chi connectivity index (χ3n) is 5.39. The molecule has 8 heteroatoms. The van der Waals surface area contributed by atoms with Crippen molar-refractivity contribution in [3.63, 3.8) is 0 Å². The fourth-order valence-electron chi connectivity index (χ4n) is 3.90. The van der Waals surface area contributed by atoms with Crippen molar-refractivity contribution in [1.82, 2.24) is 8.61 Å². The predicted octanol–water partition coefficient (Wildman–Crippen LogP) is 1.50. The maximum absolute atomic E-state index is 12.8. The van der Waals surface area contributed by atoms with Crippen LogP contribution in [0.3, 0.4) is 0 Å². The fourth-order valence-corrected chi connectivity index (χ4v) is 5.57. The number of amides is 1. The second-order valence-corrected chi connectivity index (χ2v) is 9.10.